The van der Waals surface area contributed by atoms with Crippen LogP contribution < -0.4 is 5.32 Å². The topological polar surface area (TPSA) is 21.3 Å². The second-order valence-corrected chi connectivity index (χ2v) is 4.75. The van der Waals surface area contributed by atoms with Crippen LogP contribution in [0.5, 0.6) is 0 Å². The molecule has 0 spiro atoms. The highest BCUT2D eigenvalue weighted by atomic mass is 19.1. The minimum absolute atomic E-state index is 0.307. The smallest absolute Gasteiger partial charge is 0.126 e. The fourth-order valence-corrected chi connectivity index (χ4v) is 1.70. The molecular weight excluding hydrogens is 248 g/mol. The van der Waals surface area contributed by atoms with Gasteiger partial charge in [-0.15, -0.1) is 0 Å². The van der Waals surface area contributed by atoms with E-state index < -0.39 is 11.6 Å². The van der Waals surface area contributed by atoms with E-state index in [1.165, 1.54) is 12.1 Å². The van der Waals surface area contributed by atoms with Gasteiger partial charge in [0, 0.05) is 26.3 Å². The molecule has 19 heavy (non-hydrogen) atoms. The van der Waals surface area contributed by atoms with Crippen LogP contribution in [0.2, 0.25) is 0 Å². The maximum Gasteiger partial charge on any atom is 0.126 e. The molecule has 0 heterocycles. The van der Waals surface area contributed by atoms with Crippen LogP contribution in [0.4, 0.5) is 8.78 Å². The van der Waals surface area contributed by atoms with Crippen molar-refractivity contribution < 1.29 is 13.5 Å². The molecule has 0 unspecified atom stereocenters. The van der Waals surface area contributed by atoms with Gasteiger partial charge in [-0.2, -0.15) is 0 Å². The lowest BCUT2D eigenvalue weighted by molar-refractivity contribution is 0.200. The van der Waals surface area contributed by atoms with Gasteiger partial charge in [0.05, 0.1) is 6.61 Å². The minimum atomic E-state index is -0.554. The molecule has 2 nitrogen and oxygen atoms in total. The number of ether oxygens (including phenoxy) is 1. The van der Waals surface area contributed by atoms with Crippen molar-refractivity contribution in [1.82, 2.24) is 5.32 Å². The Labute approximate surface area is 113 Å². The van der Waals surface area contributed by atoms with Crippen molar-refractivity contribution in [2.24, 2.45) is 5.92 Å². The molecule has 0 amide bonds. The predicted octanol–water partition coefficient (Wildman–Crippen LogP) is 3.24. The highest BCUT2D eigenvalue weighted by Gasteiger charge is 2.05. The number of nitrogens with one attached hydrogen (secondary N) is 1. The number of rotatable bonds is 7. The van der Waals surface area contributed by atoms with E-state index in [0.29, 0.717) is 24.6 Å². The van der Waals surface area contributed by atoms with Gasteiger partial charge in [-0.3, -0.25) is 0 Å². The van der Waals surface area contributed by atoms with Crippen LogP contribution in [-0.2, 0) is 4.74 Å². The molecule has 1 N–H and O–H groups in total. The van der Waals surface area contributed by atoms with Crippen molar-refractivity contribution in [3.8, 4) is 0 Å². The molecule has 0 aliphatic heterocycles. The maximum atomic E-state index is 13.1. The summed E-state index contributed by atoms with van der Waals surface area (Å²) in [6, 6.07) is 3.55. The number of benzene rings is 1. The molecule has 0 saturated carbocycles. The summed E-state index contributed by atoms with van der Waals surface area (Å²) in [5.41, 5.74) is 1.65. The molecule has 0 aliphatic carbocycles. The summed E-state index contributed by atoms with van der Waals surface area (Å²) in [7, 11) is 1.65. The zero-order valence-electron chi connectivity index (χ0n) is 11.7. The summed E-state index contributed by atoms with van der Waals surface area (Å²) in [6.07, 6.45) is 1.83. The standard InChI is InChI=1S/C15H21F2NO/c1-11(2)13(10-18-4-5-19-3)6-12-7-14(16)9-15(17)8-12/h6-9,11,18H,4-5,10H2,1-3H3/b13-6-. The summed E-state index contributed by atoms with van der Waals surface area (Å²) in [5, 5.41) is 3.24. The molecule has 0 atom stereocenters. The first kappa shape index (κ1) is 15.8. The Hall–Kier alpha value is -1.26. The van der Waals surface area contributed by atoms with E-state index in [0.717, 1.165) is 18.2 Å². The minimum Gasteiger partial charge on any atom is -0.383 e. The van der Waals surface area contributed by atoms with Crippen molar-refractivity contribution in [3.05, 3.63) is 41.0 Å². The summed E-state index contributed by atoms with van der Waals surface area (Å²) >= 11 is 0. The molecule has 0 aliphatic rings. The van der Waals surface area contributed by atoms with Crippen LogP contribution >= 0.6 is 0 Å². The van der Waals surface area contributed by atoms with E-state index in [1.807, 2.05) is 6.08 Å². The Kier molecular flexibility index (Phi) is 6.67. The fraction of sp³-hybridized carbons (Fsp3) is 0.467. The Bertz CT molecular complexity index is 410. The summed E-state index contributed by atoms with van der Waals surface area (Å²) in [5.74, 6) is -0.801. The lowest BCUT2D eigenvalue weighted by Gasteiger charge is -2.13. The zero-order chi connectivity index (χ0) is 14.3. The van der Waals surface area contributed by atoms with E-state index >= 15 is 0 Å². The van der Waals surface area contributed by atoms with Crippen LogP contribution in [0.25, 0.3) is 6.08 Å². The quantitative estimate of drug-likeness (QED) is 0.767. The Morgan fingerprint density at radius 2 is 1.89 bits per heavy atom. The van der Waals surface area contributed by atoms with Gasteiger partial charge in [0.15, 0.2) is 0 Å². The highest BCUT2D eigenvalue weighted by molar-refractivity contribution is 5.53. The van der Waals surface area contributed by atoms with Gasteiger partial charge in [-0.05, 0) is 23.6 Å². The van der Waals surface area contributed by atoms with Crippen LogP contribution in [0, 0.1) is 17.6 Å². The van der Waals surface area contributed by atoms with Gasteiger partial charge >= 0.3 is 0 Å². The molecule has 0 bridgehead atoms. The summed E-state index contributed by atoms with van der Waals surface area (Å²) in [4.78, 5) is 0. The molecule has 106 valence electrons. The first-order valence-electron chi connectivity index (χ1n) is 6.39. The zero-order valence-corrected chi connectivity index (χ0v) is 11.7. The average molecular weight is 269 g/mol. The SMILES string of the molecule is COCCNC/C(=C/c1cc(F)cc(F)c1)C(C)C. The molecule has 1 aromatic carbocycles. The van der Waals surface area contributed by atoms with Crippen LogP contribution in [0.1, 0.15) is 19.4 Å². The van der Waals surface area contributed by atoms with E-state index in [4.69, 9.17) is 4.74 Å². The average Bonchev–Trinajstić information content (AvgIpc) is 2.31. The van der Waals surface area contributed by atoms with Crippen molar-refractivity contribution in [2.75, 3.05) is 26.8 Å². The van der Waals surface area contributed by atoms with Crippen molar-refractivity contribution in [3.63, 3.8) is 0 Å². The van der Waals surface area contributed by atoms with Gasteiger partial charge in [0.25, 0.3) is 0 Å². The maximum absolute atomic E-state index is 13.1. The van der Waals surface area contributed by atoms with Gasteiger partial charge in [0.2, 0.25) is 0 Å². The molecule has 1 rings (SSSR count). The van der Waals surface area contributed by atoms with E-state index in [9.17, 15) is 8.78 Å². The Morgan fingerprint density at radius 1 is 1.26 bits per heavy atom. The number of hydrogen-bond donors (Lipinski definition) is 1. The Balaban J connectivity index is 2.76. The highest BCUT2D eigenvalue weighted by Crippen LogP contribution is 2.16. The third-order valence-corrected chi connectivity index (χ3v) is 2.79. The van der Waals surface area contributed by atoms with Gasteiger partial charge in [0.1, 0.15) is 11.6 Å². The van der Waals surface area contributed by atoms with E-state index in [1.54, 1.807) is 7.11 Å². The monoisotopic (exact) mass is 269 g/mol. The summed E-state index contributed by atoms with van der Waals surface area (Å²) in [6.45, 7) is 6.18. The van der Waals surface area contributed by atoms with E-state index in [-0.39, 0.29) is 0 Å². The number of hydrogen-bond acceptors (Lipinski definition) is 2. The third-order valence-electron chi connectivity index (χ3n) is 2.79. The predicted molar refractivity (Wildman–Crippen MR) is 73.9 cm³/mol. The molecule has 0 fully saturated rings. The normalized spacial score (nSPS) is 12.2. The first-order chi connectivity index (χ1) is 9.02. The summed E-state index contributed by atoms with van der Waals surface area (Å²) < 4.78 is 31.2. The lowest BCUT2D eigenvalue weighted by Crippen LogP contribution is -2.23. The second-order valence-electron chi connectivity index (χ2n) is 4.75. The van der Waals surface area contributed by atoms with Crippen LogP contribution in [-0.4, -0.2) is 26.8 Å². The third kappa shape index (κ3) is 5.94. The van der Waals surface area contributed by atoms with Crippen molar-refractivity contribution >= 4 is 6.08 Å². The first-order valence-corrected chi connectivity index (χ1v) is 6.39. The van der Waals surface area contributed by atoms with Crippen LogP contribution in [0.3, 0.4) is 0 Å². The van der Waals surface area contributed by atoms with E-state index in [2.05, 4.69) is 19.2 Å². The Morgan fingerprint density at radius 3 is 2.42 bits per heavy atom. The van der Waals surface area contributed by atoms with Gasteiger partial charge < -0.3 is 10.1 Å². The second kappa shape index (κ2) is 8.02. The molecule has 0 radical (unpaired) electrons. The number of halogens is 2. The molecule has 0 aromatic heterocycles. The molecule has 4 heteroatoms. The van der Waals surface area contributed by atoms with Crippen molar-refractivity contribution in [1.29, 1.82) is 0 Å². The fourth-order valence-electron chi connectivity index (χ4n) is 1.70. The van der Waals surface area contributed by atoms with Gasteiger partial charge in [-0.25, -0.2) is 8.78 Å². The van der Waals surface area contributed by atoms with Crippen LogP contribution in [0.15, 0.2) is 23.8 Å². The van der Waals surface area contributed by atoms with Crippen molar-refractivity contribution in [2.45, 2.75) is 13.8 Å². The number of methoxy groups -OCH3 is 1. The molecule has 0 saturated heterocycles. The lowest BCUT2D eigenvalue weighted by atomic mass is 10.00. The van der Waals surface area contributed by atoms with Gasteiger partial charge in [-0.1, -0.05) is 25.5 Å². The molecule has 1 aromatic rings. The largest absolute Gasteiger partial charge is 0.383 e. The molecular formula is C15H21F2NO.